The highest BCUT2D eigenvalue weighted by Crippen LogP contribution is 2.23. The van der Waals surface area contributed by atoms with E-state index in [0.29, 0.717) is 5.02 Å². The Kier molecular flexibility index (Phi) is 3.92. The van der Waals surface area contributed by atoms with Crippen LogP contribution in [0.1, 0.15) is 5.56 Å². The Morgan fingerprint density at radius 1 is 1.64 bits per heavy atom. The first-order valence-corrected chi connectivity index (χ1v) is 5.10. The lowest BCUT2D eigenvalue weighted by atomic mass is 10.1. The summed E-state index contributed by atoms with van der Waals surface area (Å²) < 4.78 is 0.784. The number of nitrogens with two attached hydrogens (primary N) is 1. The van der Waals surface area contributed by atoms with Crippen LogP contribution in [0.5, 0.6) is 0 Å². The van der Waals surface area contributed by atoms with Crippen molar-refractivity contribution in [2.24, 2.45) is 5.73 Å². The molecule has 0 saturated heterocycles. The van der Waals surface area contributed by atoms with Crippen LogP contribution in [0, 0.1) is 0 Å². The second-order valence-electron chi connectivity index (χ2n) is 2.90. The van der Waals surface area contributed by atoms with Crippen molar-refractivity contribution in [3.63, 3.8) is 0 Å². The Labute approximate surface area is 95.0 Å². The number of halogens is 2. The average Bonchev–Trinajstić information content (AvgIpc) is 2.11. The summed E-state index contributed by atoms with van der Waals surface area (Å²) in [5.74, 6) is -1.01. The fourth-order valence-electron chi connectivity index (χ4n) is 1.01. The van der Waals surface area contributed by atoms with E-state index in [2.05, 4.69) is 15.9 Å². The number of hydrogen-bond donors (Lipinski definition) is 2. The number of carboxylic acid groups (broad SMARTS) is 1. The van der Waals surface area contributed by atoms with Gasteiger partial charge in [0.05, 0.1) is 5.02 Å². The third-order valence-electron chi connectivity index (χ3n) is 1.76. The van der Waals surface area contributed by atoms with Gasteiger partial charge in [-0.1, -0.05) is 17.7 Å². The fraction of sp³-hybridized carbons (Fsp3) is 0.222. The third-order valence-corrected chi connectivity index (χ3v) is 2.99. The lowest BCUT2D eigenvalue weighted by molar-refractivity contribution is -0.138. The van der Waals surface area contributed by atoms with E-state index in [4.69, 9.17) is 22.4 Å². The van der Waals surface area contributed by atoms with Crippen LogP contribution in [-0.2, 0) is 11.2 Å². The van der Waals surface area contributed by atoms with Gasteiger partial charge >= 0.3 is 5.97 Å². The summed E-state index contributed by atoms with van der Waals surface area (Å²) in [6.07, 6.45) is 0.280. The monoisotopic (exact) mass is 277 g/mol. The number of aliphatic carboxylic acids is 1. The minimum atomic E-state index is -1.01. The maximum atomic E-state index is 10.5. The summed E-state index contributed by atoms with van der Waals surface area (Å²) in [6, 6.07) is 4.38. The first-order chi connectivity index (χ1) is 6.50. The smallest absolute Gasteiger partial charge is 0.320 e. The molecule has 3 nitrogen and oxygen atoms in total. The molecule has 1 aromatic carbocycles. The van der Waals surface area contributed by atoms with Gasteiger partial charge in [0.15, 0.2) is 0 Å². The van der Waals surface area contributed by atoms with Crippen molar-refractivity contribution in [3.05, 3.63) is 33.3 Å². The summed E-state index contributed by atoms with van der Waals surface area (Å²) in [5, 5.41) is 9.16. The Hall–Kier alpha value is -0.580. The van der Waals surface area contributed by atoms with Crippen LogP contribution in [0.3, 0.4) is 0 Å². The van der Waals surface area contributed by atoms with Crippen molar-refractivity contribution in [3.8, 4) is 0 Å². The van der Waals surface area contributed by atoms with E-state index in [-0.39, 0.29) is 6.42 Å². The number of hydrogen-bond acceptors (Lipinski definition) is 2. The van der Waals surface area contributed by atoms with E-state index >= 15 is 0 Å². The van der Waals surface area contributed by atoms with Crippen LogP contribution in [0.4, 0.5) is 0 Å². The average molecular weight is 279 g/mol. The maximum absolute atomic E-state index is 10.5. The van der Waals surface area contributed by atoms with E-state index < -0.39 is 12.0 Å². The third kappa shape index (κ3) is 2.97. The highest BCUT2D eigenvalue weighted by Gasteiger charge is 2.12. The molecule has 0 heterocycles. The molecule has 3 N–H and O–H groups in total. The molecule has 1 rings (SSSR count). The lowest BCUT2D eigenvalue weighted by Gasteiger charge is -2.06. The molecule has 76 valence electrons. The molecule has 0 aliphatic heterocycles. The van der Waals surface area contributed by atoms with Gasteiger partial charge in [0.1, 0.15) is 6.04 Å². The lowest BCUT2D eigenvalue weighted by Crippen LogP contribution is -2.32. The Bertz CT molecular complexity index is 357. The first kappa shape index (κ1) is 11.5. The molecule has 0 fully saturated rings. The highest BCUT2D eigenvalue weighted by atomic mass is 79.9. The molecule has 0 amide bonds. The number of carboxylic acids is 1. The van der Waals surface area contributed by atoms with Crippen molar-refractivity contribution in [1.29, 1.82) is 0 Å². The molecule has 1 atom stereocenters. The molecule has 0 aliphatic carbocycles. The summed E-state index contributed by atoms with van der Waals surface area (Å²) in [5.41, 5.74) is 6.20. The largest absolute Gasteiger partial charge is 0.480 e. The quantitative estimate of drug-likeness (QED) is 0.889. The van der Waals surface area contributed by atoms with Crippen LogP contribution in [0.15, 0.2) is 22.7 Å². The normalized spacial score (nSPS) is 12.5. The number of carbonyl (C=O) groups is 1. The first-order valence-electron chi connectivity index (χ1n) is 3.93. The van der Waals surface area contributed by atoms with Crippen LogP contribution < -0.4 is 5.73 Å². The van der Waals surface area contributed by atoms with E-state index in [1.165, 1.54) is 0 Å². The van der Waals surface area contributed by atoms with Gasteiger partial charge in [0.2, 0.25) is 0 Å². The van der Waals surface area contributed by atoms with Crippen molar-refractivity contribution in [1.82, 2.24) is 0 Å². The van der Waals surface area contributed by atoms with Crippen molar-refractivity contribution >= 4 is 33.5 Å². The van der Waals surface area contributed by atoms with Gasteiger partial charge in [0.25, 0.3) is 0 Å². The number of rotatable bonds is 3. The molecular formula is C9H9BrClNO2. The van der Waals surface area contributed by atoms with Gasteiger partial charge < -0.3 is 10.8 Å². The predicted octanol–water partition coefficient (Wildman–Crippen LogP) is 2.06. The van der Waals surface area contributed by atoms with Crippen molar-refractivity contribution in [2.45, 2.75) is 12.5 Å². The Morgan fingerprint density at radius 2 is 2.29 bits per heavy atom. The van der Waals surface area contributed by atoms with E-state index in [0.717, 1.165) is 10.0 Å². The van der Waals surface area contributed by atoms with E-state index in [1.807, 2.05) is 0 Å². The molecule has 0 radical (unpaired) electrons. The van der Waals surface area contributed by atoms with Crippen LogP contribution in [0.25, 0.3) is 0 Å². The molecule has 5 heteroatoms. The zero-order chi connectivity index (χ0) is 10.7. The molecule has 0 unspecified atom stereocenters. The van der Waals surface area contributed by atoms with Crippen LogP contribution in [-0.4, -0.2) is 17.1 Å². The molecule has 0 aromatic heterocycles. The zero-order valence-corrected chi connectivity index (χ0v) is 9.55. The van der Waals surface area contributed by atoms with Crippen molar-refractivity contribution < 1.29 is 9.90 Å². The van der Waals surface area contributed by atoms with Crippen LogP contribution in [0.2, 0.25) is 5.02 Å². The Balaban J connectivity index is 2.78. The van der Waals surface area contributed by atoms with Gasteiger partial charge in [-0.3, -0.25) is 4.79 Å². The minimum absolute atomic E-state index is 0.280. The van der Waals surface area contributed by atoms with Gasteiger partial charge in [-0.15, -0.1) is 0 Å². The van der Waals surface area contributed by atoms with Gasteiger partial charge in [-0.2, -0.15) is 0 Å². The van der Waals surface area contributed by atoms with Crippen LogP contribution >= 0.6 is 27.5 Å². The SMILES string of the molecule is N[C@@H](Cc1ccc(Br)c(Cl)c1)C(=O)O. The van der Waals surface area contributed by atoms with E-state index in [9.17, 15) is 4.79 Å². The second kappa shape index (κ2) is 4.77. The summed E-state index contributed by atoms with van der Waals surface area (Å²) in [6.45, 7) is 0. The molecule has 1 aromatic rings. The summed E-state index contributed by atoms with van der Waals surface area (Å²) in [4.78, 5) is 10.5. The highest BCUT2D eigenvalue weighted by molar-refractivity contribution is 9.10. The molecule has 14 heavy (non-hydrogen) atoms. The second-order valence-corrected chi connectivity index (χ2v) is 4.16. The Morgan fingerprint density at radius 3 is 2.79 bits per heavy atom. The topological polar surface area (TPSA) is 63.3 Å². The number of benzene rings is 1. The van der Waals surface area contributed by atoms with Crippen molar-refractivity contribution in [2.75, 3.05) is 0 Å². The van der Waals surface area contributed by atoms with E-state index in [1.54, 1.807) is 18.2 Å². The predicted molar refractivity (Wildman–Crippen MR) is 58.5 cm³/mol. The molecule has 0 spiro atoms. The molecular weight excluding hydrogens is 269 g/mol. The fourth-order valence-corrected chi connectivity index (χ4v) is 1.46. The van der Waals surface area contributed by atoms with Gasteiger partial charge in [-0.05, 0) is 40.0 Å². The molecule has 0 saturated carbocycles. The summed E-state index contributed by atoms with van der Waals surface area (Å²) in [7, 11) is 0. The van der Waals surface area contributed by atoms with Gasteiger partial charge in [0, 0.05) is 4.47 Å². The van der Waals surface area contributed by atoms with Gasteiger partial charge in [-0.25, -0.2) is 0 Å². The standard InChI is InChI=1S/C9H9BrClNO2/c10-6-2-1-5(3-7(6)11)4-8(12)9(13)14/h1-3,8H,4,12H2,(H,13,14)/t8-/m0/s1. The molecule has 0 aliphatic rings. The minimum Gasteiger partial charge on any atom is -0.480 e. The molecule has 0 bridgehead atoms. The summed E-state index contributed by atoms with van der Waals surface area (Å²) >= 11 is 9.09. The maximum Gasteiger partial charge on any atom is 0.320 e. The zero-order valence-electron chi connectivity index (χ0n) is 7.21.